The van der Waals surface area contributed by atoms with Gasteiger partial charge in [0.1, 0.15) is 30.5 Å². The van der Waals surface area contributed by atoms with Crippen LogP contribution in [0, 0.1) is 0 Å². The number of para-hydroxylation sites is 3. The topological polar surface area (TPSA) is 68.8 Å². The van der Waals surface area contributed by atoms with Crippen molar-refractivity contribution in [2.75, 3.05) is 25.1 Å². The normalized spacial score (nSPS) is 10.2. The van der Waals surface area contributed by atoms with E-state index in [1.54, 1.807) is 18.2 Å². The summed E-state index contributed by atoms with van der Waals surface area (Å²) in [5, 5.41) is 5.88. The van der Waals surface area contributed by atoms with Gasteiger partial charge in [0.2, 0.25) is 0 Å². The van der Waals surface area contributed by atoms with E-state index in [0.717, 1.165) is 12.2 Å². The Hall–Kier alpha value is -3.10. The van der Waals surface area contributed by atoms with Crippen LogP contribution in [0.5, 0.6) is 17.2 Å². The van der Waals surface area contributed by atoms with Crippen LogP contribution >= 0.6 is 28.1 Å². The summed E-state index contributed by atoms with van der Waals surface area (Å²) in [6.07, 6.45) is 0.903. The summed E-state index contributed by atoms with van der Waals surface area (Å²) in [6.45, 7) is 3.39. The van der Waals surface area contributed by atoms with Crippen molar-refractivity contribution in [1.29, 1.82) is 0 Å². The van der Waals surface area contributed by atoms with Crippen LogP contribution in [-0.4, -0.2) is 30.8 Å². The number of benzene rings is 3. The maximum atomic E-state index is 12.6. The first-order valence-electron chi connectivity index (χ1n) is 10.5. The van der Waals surface area contributed by atoms with E-state index >= 15 is 0 Å². The molecule has 172 valence electrons. The average molecular weight is 529 g/mol. The van der Waals surface area contributed by atoms with E-state index in [-0.39, 0.29) is 11.0 Å². The molecule has 0 radical (unpaired) electrons. The molecule has 3 aromatic rings. The lowest BCUT2D eigenvalue weighted by Crippen LogP contribution is -2.34. The van der Waals surface area contributed by atoms with E-state index in [4.69, 9.17) is 26.4 Å². The monoisotopic (exact) mass is 528 g/mol. The Morgan fingerprint density at radius 3 is 2.33 bits per heavy atom. The van der Waals surface area contributed by atoms with Crippen molar-refractivity contribution >= 4 is 44.9 Å². The third-order valence-electron chi connectivity index (χ3n) is 4.37. The van der Waals surface area contributed by atoms with Gasteiger partial charge < -0.3 is 19.5 Å². The number of hydrogen-bond acceptors (Lipinski definition) is 5. The van der Waals surface area contributed by atoms with Gasteiger partial charge in [-0.05, 0) is 77.0 Å². The van der Waals surface area contributed by atoms with Crippen molar-refractivity contribution in [1.82, 2.24) is 5.32 Å². The average Bonchev–Trinajstić information content (AvgIpc) is 2.82. The molecule has 6 nitrogen and oxygen atoms in total. The SMILES string of the molecule is CCCOc1ccc(C(=O)NC(=S)Nc2ccccc2OCCOc2ccccc2)cc1Br. The number of rotatable bonds is 10. The van der Waals surface area contributed by atoms with Crippen LogP contribution in [0.15, 0.2) is 77.3 Å². The van der Waals surface area contributed by atoms with Gasteiger partial charge in [-0.1, -0.05) is 37.3 Å². The molecule has 33 heavy (non-hydrogen) atoms. The minimum Gasteiger partial charge on any atom is -0.492 e. The summed E-state index contributed by atoms with van der Waals surface area (Å²) in [6, 6.07) is 22.0. The summed E-state index contributed by atoms with van der Waals surface area (Å²) in [7, 11) is 0. The molecule has 1 amide bonds. The van der Waals surface area contributed by atoms with Crippen LogP contribution in [0.3, 0.4) is 0 Å². The molecule has 0 spiro atoms. The highest BCUT2D eigenvalue weighted by molar-refractivity contribution is 9.10. The predicted octanol–water partition coefficient (Wildman–Crippen LogP) is 5.82. The standard InChI is InChI=1S/C25H25BrN2O4S/c1-2-14-31-22-13-12-18(17-20(22)26)24(29)28-25(33)27-21-10-6-7-11-23(21)32-16-15-30-19-8-4-3-5-9-19/h3-13,17H,2,14-16H2,1H3,(H2,27,28,29,33). The molecule has 0 fully saturated rings. The Balaban J connectivity index is 1.52. The number of carbonyl (C=O) groups is 1. The number of anilines is 1. The van der Waals surface area contributed by atoms with Crippen LogP contribution in [0.2, 0.25) is 0 Å². The zero-order chi connectivity index (χ0) is 23.5. The van der Waals surface area contributed by atoms with Gasteiger partial charge in [0.15, 0.2) is 5.11 Å². The summed E-state index contributed by atoms with van der Waals surface area (Å²) in [4.78, 5) is 12.6. The fourth-order valence-electron chi connectivity index (χ4n) is 2.82. The predicted molar refractivity (Wildman–Crippen MR) is 137 cm³/mol. The van der Waals surface area contributed by atoms with Crippen molar-refractivity contribution in [2.24, 2.45) is 0 Å². The maximum absolute atomic E-state index is 12.6. The molecule has 0 aliphatic carbocycles. The molecule has 0 aliphatic heterocycles. The second kappa shape index (κ2) is 12.8. The van der Waals surface area contributed by atoms with E-state index in [2.05, 4.69) is 26.6 Å². The Bertz CT molecular complexity index is 1080. The highest BCUT2D eigenvalue weighted by Gasteiger charge is 2.12. The van der Waals surface area contributed by atoms with Crippen LogP contribution < -0.4 is 24.8 Å². The Morgan fingerprint density at radius 2 is 1.58 bits per heavy atom. The highest BCUT2D eigenvalue weighted by Crippen LogP contribution is 2.26. The zero-order valence-corrected chi connectivity index (χ0v) is 20.6. The number of carbonyl (C=O) groups excluding carboxylic acids is 1. The highest BCUT2D eigenvalue weighted by atomic mass is 79.9. The minimum atomic E-state index is -0.329. The molecule has 2 N–H and O–H groups in total. The van der Waals surface area contributed by atoms with E-state index in [0.29, 0.717) is 47.0 Å². The third kappa shape index (κ3) is 7.76. The molecule has 0 aromatic heterocycles. The smallest absolute Gasteiger partial charge is 0.257 e. The van der Waals surface area contributed by atoms with Crippen molar-refractivity contribution < 1.29 is 19.0 Å². The number of nitrogens with one attached hydrogen (secondary N) is 2. The molecule has 0 saturated heterocycles. The van der Waals surface area contributed by atoms with Crippen molar-refractivity contribution in [2.45, 2.75) is 13.3 Å². The van der Waals surface area contributed by atoms with Crippen molar-refractivity contribution in [3.8, 4) is 17.2 Å². The van der Waals surface area contributed by atoms with Crippen LogP contribution in [0.1, 0.15) is 23.7 Å². The quantitative estimate of drug-likeness (QED) is 0.255. The molecule has 3 aromatic carbocycles. The Morgan fingerprint density at radius 1 is 0.879 bits per heavy atom. The van der Waals surface area contributed by atoms with Gasteiger partial charge in [0.25, 0.3) is 5.91 Å². The summed E-state index contributed by atoms with van der Waals surface area (Å²) in [5.41, 5.74) is 1.10. The summed E-state index contributed by atoms with van der Waals surface area (Å²) < 4.78 is 17.8. The summed E-state index contributed by atoms with van der Waals surface area (Å²) >= 11 is 8.77. The van der Waals surface area contributed by atoms with Gasteiger partial charge in [-0.2, -0.15) is 0 Å². The lowest BCUT2D eigenvalue weighted by atomic mass is 10.2. The fraction of sp³-hybridized carbons (Fsp3) is 0.200. The first-order valence-corrected chi connectivity index (χ1v) is 11.7. The van der Waals surface area contributed by atoms with E-state index in [1.165, 1.54) is 0 Å². The molecule has 0 saturated carbocycles. The number of hydrogen-bond donors (Lipinski definition) is 2. The molecular formula is C25H25BrN2O4S. The molecule has 0 atom stereocenters. The Kier molecular flexibility index (Phi) is 9.53. The van der Waals surface area contributed by atoms with Crippen molar-refractivity contribution in [3.63, 3.8) is 0 Å². The van der Waals surface area contributed by atoms with Crippen LogP contribution in [0.25, 0.3) is 0 Å². The number of ether oxygens (including phenoxy) is 3. The van der Waals surface area contributed by atoms with Gasteiger partial charge in [-0.25, -0.2) is 0 Å². The third-order valence-corrected chi connectivity index (χ3v) is 5.19. The van der Waals surface area contributed by atoms with E-state index < -0.39 is 0 Å². The van der Waals surface area contributed by atoms with E-state index in [1.807, 2.05) is 61.5 Å². The van der Waals surface area contributed by atoms with Gasteiger partial charge in [0.05, 0.1) is 16.8 Å². The van der Waals surface area contributed by atoms with Gasteiger partial charge >= 0.3 is 0 Å². The van der Waals surface area contributed by atoms with Crippen LogP contribution in [-0.2, 0) is 0 Å². The fourth-order valence-corrected chi connectivity index (χ4v) is 3.52. The van der Waals surface area contributed by atoms with Crippen molar-refractivity contribution in [3.05, 3.63) is 82.8 Å². The summed E-state index contributed by atoms with van der Waals surface area (Å²) in [5.74, 6) is 1.75. The van der Waals surface area contributed by atoms with Gasteiger partial charge in [-0.15, -0.1) is 0 Å². The zero-order valence-electron chi connectivity index (χ0n) is 18.2. The molecule has 0 heterocycles. The second-order valence-corrected chi connectivity index (χ2v) is 8.17. The largest absolute Gasteiger partial charge is 0.492 e. The lowest BCUT2D eigenvalue weighted by Gasteiger charge is -2.15. The van der Waals surface area contributed by atoms with E-state index in [9.17, 15) is 4.79 Å². The number of amides is 1. The first kappa shape index (κ1) is 24.5. The van der Waals surface area contributed by atoms with Gasteiger partial charge in [0, 0.05) is 5.56 Å². The molecule has 3 rings (SSSR count). The Labute approximate surface area is 207 Å². The second-order valence-electron chi connectivity index (χ2n) is 6.91. The molecule has 8 heteroatoms. The molecular weight excluding hydrogens is 504 g/mol. The number of halogens is 1. The lowest BCUT2D eigenvalue weighted by molar-refractivity contribution is 0.0977. The van der Waals surface area contributed by atoms with Crippen LogP contribution in [0.4, 0.5) is 5.69 Å². The first-order chi connectivity index (χ1) is 16.1. The minimum absolute atomic E-state index is 0.166. The number of thiocarbonyl (C=S) groups is 1. The van der Waals surface area contributed by atoms with Gasteiger partial charge in [-0.3, -0.25) is 10.1 Å². The molecule has 0 unspecified atom stereocenters. The maximum Gasteiger partial charge on any atom is 0.257 e. The molecule has 0 bridgehead atoms. The molecule has 0 aliphatic rings.